The zero-order chi connectivity index (χ0) is 18.0. The number of aryl methyl sites for hydroxylation is 1. The predicted octanol–water partition coefficient (Wildman–Crippen LogP) is 5.04. The first-order valence-electron chi connectivity index (χ1n) is 7.22. The van der Waals surface area contributed by atoms with Crippen LogP contribution in [-0.4, -0.2) is 15.8 Å². The molecule has 1 heterocycles. The van der Waals surface area contributed by atoms with E-state index >= 15 is 0 Å². The second-order valence-corrected chi connectivity index (χ2v) is 7.03. The molecule has 0 aliphatic heterocycles. The number of hydrogen-bond donors (Lipinski definition) is 1. The molecule has 0 fully saturated rings. The number of nitro groups is 1. The summed E-state index contributed by atoms with van der Waals surface area (Å²) in [4.78, 5) is 27.2. The molecule has 3 rings (SSSR count). The third-order valence-corrected chi connectivity index (χ3v) is 4.82. The summed E-state index contributed by atoms with van der Waals surface area (Å²) in [6.07, 6.45) is 0. The summed E-state index contributed by atoms with van der Waals surface area (Å²) in [6, 6.07) is 12.1. The monoisotopic (exact) mass is 417 g/mol. The zero-order valence-electron chi connectivity index (χ0n) is 13.0. The number of aromatic nitrogens is 1. The molecule has 25 heavy (non-hydrogen) atoms. The summed E-state index contributed by atoms with van der Waals surface area (Å²) in [5, 5.41) is 16.0. The van der Waals surface area contributed by atoms with Crippen LogP contribution in [0.1, 0.15) is 15.9 Å². The van der Waals surface area contributed by atoms with Crippen LogP contribution in [0, 0.1) is 17.0 Å². The number of carbonyl (C=O) groups excluding carboxylic acids is 1. The molecule has 2 aromatic carbocycles. The highest BCUT2D eigenvalue weighted by atomic mass is 79.9. The Labute approximate surface area is 155 Å². The van der Waals surface area contributed by atoms with Gasteiger partial charge in [0.05, 0.1) is 10.6 Å². The maximum absolute atomic E-state index is 12.3. The zero-order valence-corrected chi connectivity index (χ0v) is 15.4. The van der Waals surface area contributed by atoms with Crippen molar-refractivity contribution in [3.63, 3.8) is 0 Å². The van der Waals surface area contributed by atoms with E-state index in [4.69, 9.17) is 0 Å². The Morgan fingerprint density at radius 2 is 1.96 bits per heavy atom. The first-order chi connectivity index (χ1) is 11.9. The number of hydrogen-bond acceptors (Lipinski definition) is 5. The predicted molar refractivity (Wildman–Crippen MR) is 101 cm³/mol. The molecule has 0 aliphatic carbocycles. The maximum atomic E-state index is 12.3. The smallest absolute Gasteiger partial charge is 0.273 e. The third-order valence-electron chi connectivity index (χ3n) is 3.53. The van der Waals surface area contributed by atoms with E-state index in [9.17, 15) is 14.9 Å². The summed E-state index contributed by atoms with van der Waals surface area (Å²) >= 11 is 4.68. The average molecular weight is 418 g/mol. The lowest BCUT2D eigenvalue weighted by atomic mass is 10.1. The Balaban J connectivity index is 1.79. The topological polar surface area (TPSA) is 85.1 Å². The number of carbonyl (C=O) groups is 1. The number of benzene rings is 2. The molecular formula is C17H12BrN3O3S. The highest BCUT2D eigenvalue weighted by Gasteiger charge is 2.16. The molecule has 3 aromatic rings. The first-order valence-corrected chi connectivity index (χ1v) is 8.89. The van der Waals surface area contributed by atoms with Gasteiger partial charge in [0.1, 0.15) is 0 Å². The molecule has 1 N–H and O–H groups in total. The van der Waals surface area contributed by atoms with E-state index in [0.717, 1.165) is 15.7 Å². The van der Waals surface area contributed by atoms with Crippen molar-refractivity contribution in [2.45, 2.75) is 6.92 Å². The minimum absolute atomic E-state index is 0.0812. The lowest BCUT2D eigenvalue weighted by Gasteiger charge is -2.03. The minimum Gasteiger partial charge on any atom is -0.298 e. The summed E-state index contributed by atoms with van der Waals surface area (Å²) in [5.74, 6) is -0.431. The standard InChI is InChI=1S/C17H12BrN3O3S/c1-10-2-3-12(8-15(10)21(23)24)16(22)20-17-19-14(9-25-17)11-4-6-13(18)7-5-11/h2-9H,1H3,(H,19,20,22). The molecule has 0 atom stereocenters. The van der Waals surface area contributed by atoms with E-state index in [2.05, 4.69) is 26.2 Å². The molecule has 126 valence electrons. The van der Waals surface area contributed by atoms with Gasteiger partial charge in [0.2, 0.25) is 0 Å². The Hall–Kier alpha value is -2.58. The van der Waals surface area contributed by atoms with Gasteiger partial charge >= 0.3 is 0 Å². The molecule has 0 saturated heterocycles. The van der Waals surface area contributed by atoms with Crippen LogP contribution in [0.4, 0.5) is 10.8 Å². The van der Waals surface area contributed by atoms with Crippen molar-refractivity contribution < 1.29 is 9.72 Å². The van der Waals surface area contributed by atoms with E-state index in [1.165, 1.54) is 17.4 Å². The quantitative estimate of drug-likeness (QED) is 0.475. The van der Waals surface area contributed by atoms with E-state index in [0.29, 0.717) is 10.7 Å². The van der Waals surface area contributed by atoms with Crippen LogP contribution in [-0.2, 0) is 0 Å². The Bertz CT molecular complexity index is 954. The van der Waals surface area contributed by atoms with Gasteiger partial charge in [0, 0.05) is 32.6 Å². The van der Waals surface area contributed by atoms with Crippen molar-refractivity contribution in [1.29, 1.82) is 0 Å². The Kier molecular flexibility index (Phi) is 4.91. The summed E-state index contributed by atoms with van der Waals surface area (Å²) in [5.41, 5.74) is 2.34. The number of amides is 1. The molecule has 1 aromatic heterocycles. The van der Waals surface area contributed by atoms with Crippen molar-refractivity contribution in [3.8, 4) is 11.3 Å². The number of thiazole rings is 1. The molecule has 0 saturated carbocycles. The largest absolute Gasteiger partial charge is 0.298 e. The molecule has 0 unspecified atom stereocenters. The molecule has 0 bridgehead atoms. The van der Waals surface area contributed by atoms with Crippen LogP contribution in [0.25, 0.3) is 11.3 Å². The molecule has 8 heteroatoms. The normalized spacial score (nSPS) is 10.5. The van der Waals surface area contributed by atoms with E-state index < -0.39 is 10.8 Å². The lowest BCUT2D eigenvalue weighted by molar-refractivity contribution is -0.385. The van der Waals surface area contributed by atoms with Gasteiger partial charge in [-0.1, -0.05) is 34.1 Å². The van der Waals surface area contributed by atoms with Gasteiger partial charge in [-0.15, -0.1) is 11.3 Å². The number of nitrogens with zero attached hydrogens (tertiary/aromatic N) is 2. The van der Waals surface area contributed by atoms with E-state index in [-0.39, 0.29) is 11.3 Å². The van der Waals surface area contributed by atoms with Gasteiger partial charge < -0.3 is 0 Å². The fourth-order valence-electron chi connectivity index (χ4n) is 2.20. The van der Waals surface area contributed by atoms with Crippen molar-refractivity contribution in [1.82, 2.24) is 4.98 Å². The third kappa shape index (κ3) is 3.92. The number of nitro benzene ring substituents is 1. The van der Waals surface area contributed by atoms with Crippen molar-refractivity contribution in [2.24, 2.45) is 0 Å². The Morgan fingerprint density at radius 3 is 2.64 bits per heavy atom. The number of anilines is 1. The second kappa shape index (κ2) is 7.12. The highest BCUT2D eigenvalue weighted by Crippen LogP contribution is 2.27. The number of rotatable bonds is 4. The van der Waals surface area contributed by atoms with Crippen molar-refractivity contribution >= 4 is 44.0 Å². The van der Waals surface area contributed by atoms with Gasteiger partial charge in [-0.05, 0) is 25.1 Å². The van der Waals surface area contributed by atoms with E-state index in [1.807, 2.05) is 29.6 Å². The van der Waals surface area contributed by atoms with Crippen molar-refractivity contribution in [3.05, 3.63) is 73.6 Å². The van der Waals surface area contributed by atoms with E-state index in [1.54, 1.807) is 19.1 Å². The fraction of sp³-hybridized carbons (Fsp3) is 0.0588. The average Bonchev–Trinajstić information content (AvgIpc) is 3.04. The molecule has 0 radical (unpaired) electrons. The summed E-state index contributed by atoms with van der Waals surface area (Å²) < 4.78 is 0.973. The van der Waals surface area contributed by atoms with Gasteiger partial charge in [-0.2, -0.15) is 0 Å². The van der Waals surface area contributed by atoms with Crippen LogP contribution in [0.3, 0.4) is 0 Å². The second-order valence-electron chi connectivity index (χ2n) is 5.26. The minimum atomic E-state index is -0.499. The van der Waals surface area contributed by atoms with Gasteiger partial charge in [0.25, 0.3) is 11.6 Å². The summed E-state index contributed by atoms with van der Waals surface area (Å²) in [7, 11) is 0. The Morgan fingerprint density at radius 1 is 1.24 bits per heavy atom. The highest BCUT2D eigenvalue weighted by molar-refractivity contribution is 9.10. The summed E-state index contributed by atoms with van der Waals surface area (Å²) in [6.45, 7) is 1.63. The molecule has 0 spiro atoms. The first kappa shape index (κ1) is 17.2. The van der Waals surface area contributed by atoms with Gasteiger partial charge in [0.15, 0.2) is 5.13 Å². The number of nitrogens with one attached hydrogen (secondary N) is 1. The van der Waals surface area contributed by atoms with Crippen LogP contribution >= 0.6 is 27.3 Å². The maximum Gasteiger partial charge on any atom is 0.273 e. The lowest BCUT2D eigenvalue weighted by Crippen LogP contribution is -2.12. The van der Waals surface area contributed by atoms with Crippen LogP contribution in [0.5, 0.6) is 0 Å². The van der Waals surface area contributed by atoms with Crippen molar-refractivity contribution in [2.75, 3.05) is 5.32 Å². The fourth-order valence-corrected chi connectivity index (χ4v) is 3.18. The molecular weight excluding hydrogens is 406 g/mol. The number of halogens is 1. The van der Waals surface area contributed by atoms with Crippen LogP contribution < -0.4 is 5.32 Å². The SMILES string of the molecule is Cc1ccc(C(=O)Nc2nc(-c3ccc(Br)cc3)cs2)cc1[N+](=O)[O-]. The molecule has 1 amide bonds. The van der Waals surface area contributed by atoms with Crippen LogP contribution in [0.2, 0.25) is 0 Å². The van der Waals surface area contributed by atoms with Crippen LogP contribution in [0.15, 0.2) is 52.3 Å². The molecule has 6 nitrogen and oxygen atoms in total. The molecule has 0 aliphatic rings. The van der Waals surface area contributed by atoms with Gasteiger partial charge in [-0.3, -0.25) is 20.2 Å². The van der Waals surface area contributed by atoms with Gasteiger partial charge in [-0.25, -0.2) is 4.98 Å².